The molecule has 0 spiro atoms. The first-order valence-electron chi connectivity index (χ1n) is 5.39. The average molecular weight is 168 g/mol. The maximum absolute atomic E-state index is 3.63. The van der Waals surface area contributed by atoms with Crippen LogP contribution in [-0.2, 0) is 0 Å². The topological polar surface area (TPSA) is 15.3 Å². The lowest BCUT2D eigenvalue weighted by Crippen LogP contribution is -2.59. The molecule has 2 nitrogen and oxygen atoms in total. The molecule has 2 saturated heterocycles. The van der Waals surface area contributed by atoms with E-state index in [9.17, 15) is 0 Å². The van der Waals surface area contributed by atoms with Crippen LogP contribution in [0.4, 0.5) is 0 Å². The Hall–Kier alpha value is -0.0800. The number of nitrogens with one attached hydrogen (secondary N) is 1. The van der Waals surface area contributed by atoms with Gasteiger partial charge in [-0.05, 0) is 25.8 Å². The van der Waals surface area contributed by atoms with Crippen LogP contribution in [0, 0.1) is 0 Å². The molecular weight excluding hydrogens is 148 g/mol. The molecule has 0 aliphatic carbocycles. The molecule has 0 saturated carbocycles. The van der Waals surface area contributed by atoms with Gasteiger partial charge >= 0.3 is 0 Å². The third-order valence-electron chi connectivity index (χ3n) is 3.37. The summed E-state index contributed by atoms with van der Waals surface area (Å²) in [7, 11) is 0. The molecule has 2 unspecified atom stereocenters. The van der Waals surface area contributed by atoms with Crippen molar-refractivity contribution in [3.05, 3.63) is 0 Å². The van der Waals surface area contributed by atoms with E-state index >= 15 is 0 Å². The van der Waals surface area contributed by atoms with Gasteiger partial charge in [0, 0.05) is 25.2 Å². The van der Waals surface area contributed by atoms with E-state index in [4.69, 9.17) is 0 Å². The lowest BCUT2D eigenvalue weighted by atomic mass is 9.92. The highest BCUT2D eigenvalue weighted by Gasteiger charge is 2.31. The largest absolute Gasteiger partial charge is 0.311 e. The maximum atomic E-state index is 3.63. The molecule has 0 bridgehead atoms. The Labute approximate surface area is 75.3 Å². The Morgan fingerprint density at radius 3 is 3.08 bits per heavy atom. The van der Waals surface area contributed by atoms with Crippen molar-refractivity contribution < 1.29 is 0 Å². The zero-order valence-corrected chi connectivity index (χ0v) is 8.05. The summed E-state index contributed by atoms with van der Waals surface area (Å²) < 4.78 is 0. The van der Waals surface area contributed by atoms with Crippen LogP contribution in [0.15, 0.2) is 0 Å². The van der Waals surface area contributed by atoms with Crippen molar-refractivity contribution in [3.63, 3.8) is 0 Å². The van der Waals surface area contributed by atoms with Gasteiger partial charge in [0.2, 0.25) is 0 Å². The van der Waals surface area contributed by atoms with Crippen molar-refractivity contribution in [1.29, 1.82) is 0 Å². The normalized spacial score (nSPS) is 37.8. The van der Waals surface area contributed by atoms with Crippen molar-refractivity contribution in [2.75, 3.05) is 19.6 Å². The second-order valence-corrected chi connectivity index (χ2v) is 4.07. The number of hydrogen-bond donors (Lipinski definition) is 1. The van der Waals surface area contributed by atoms with E-state index < -0.39 is 0 Å². The lowest BCUT2D eigenvalue weighted by Gasteiger charge is -2.44. The number of nitrogens with zero attached hydrogens (tertiary/aromatic N) is 1. The van der Waals surface area contributed by atoms with Crippen molar-refractivity contribution in [2.45, 2.75) is 44.7 Å². The Morgan fingerprint density at radius 2 is 2.25 bits per heavy atom. The molecular formula is C10H20N2. The maximum Gasteiger partial charge on any atom is 0.0249 e. The number of fused-ring (bicyclic) bond motifs is 1. The first-order chi connectivity index (χ1) is 5.92. The average Bonchev–Trinajstić information content (AvgIpc) is 2.17. The van der Waals surface area contributed by atoms with Gasteiger partial charge in [0.25, 0.3) is 0 Å². The van der Waals surface area contributed by atoms with Crippen molar-refractivity contribution in [2.24, 2.45) is 0 Å². The van der Waals surface area contributed by atoms with Crippen LogP contribution >= 0.6 is 0 Å². The van der Waals surface area contributed by atoms with E-state index in [0.717, 1.165) is 12.1 Å². The molecule has 12 heavy (non-hydrogen) atoms. The summed E-state index contributed by atoms with van der Waals surface area (Å²) in [5.41, 5.74) is 0. The fourth-order valence-electron chi connectivity index (χ4n) is 2.70. The number of piperidine rings is 1. The van der Waals surface area contributed by atoms with Crippen LogP contribution in [0.3, 0.4) is 0 Å². The quantitative estimate of drug-likeness (QED) is 0.633. The number of piperazine rings is 1. The Balaban J connectivity index is 1.99. The molecule has 70 valence electrons. The molecule has 2 heterocycles. The first kappa shape index (κ1) is 8.52. The SMILES string of the molecule is CCC1NCCN2CCCCC12. The van der Waals surface area contributed by atoms with Gasteiger partial charge in [-0.25, -0.2) is 0 Å². The van der Waals surface area contributed by atoms with Gasteiger partial charge in [-0.3, -0.25) is 4.90 Å². The van der Waals surface area contributed by atoms with Crippen molar-refractivity contribution in [1.82, 2.24) is 10.2 Å². The second kappa shape index (κ2) is 3.75. The van der Waals surface area contributed by atoms with Gasteiger partial charge in [0.15, 0.2) is 0 Å². The summed E-state index contributed by atoms with van der Waals surface area (Å²) in [6.07, 6.45) is 5.58. The highest BCUT2D eigenvalue weighted by Crippen LogP contribution is 2.22. The van der Waals surface area contributed by atoms with Gasteiger partial charge in [-0.2, -0.15) is 0 Å². The van der Waals surface area contributed by atoms with Crippen LogP contribution < -0.4 is 5.32 Å². The molecule has 0 aromatic rings. The summed E-state index contributed by atoms with van der Waals surface area (Å²) in [6, 6.07) is 1.64. The Morgan fingerprint density at radius 1 is 1.33 bits per heavy atom. The van der Waals surface area contributed by atoms with Crippen LogP contribution in [0.5, 0.6) is 0 Å². The van der Waals surface area contributed by atoms with Gasteiger partial charge in [-0.15, -0.1) is 0 Å². The highest BCUT2D eigenvalue weighted by molar-refractivity contribution is 4.90. The van der Waals surface area contributed by atoms with Crippen LogP contribution in [0.1, 0.15) is 32.6 Å². The van der Waals surface area contributed by atoms with Gasteiger partial charge < -0.3 is 5.32 Å². The second-order valence-electron chi connectivity index (χ2n) is 4.07. The van der Waals surface area contributed by atoms with Crippen LogP contribution in [-0.4, -0.2) is 36.6 Å². The Kier molecular flexibility index (Phi) is 2.66. The van der Waals surface area contributed by atoms with Gasteiger partial charge in [0.05, 0.1) is 0 Å². The molecule has 0 aromatic carbocycles. The Bertz CT molecular complexity index is 138. The van der Waals surface area contributed by atoms with E-state index in [-0.39, 0.29) is 0 Å². The predicted molar refractivity (Wildman–Crippen MR) is 51.3 cm³/mol. The monoisotopic (exact) mass is 168 g/mol. The zero-order chi connectivity index (χ0) is 8.39. The summed E-state index contributed by atoms with van der Waals surface area (Å²) in [5, 5.41) is 3.63. The fraction of sp³-hybridized carbons (Fsp3) is 1.00. The zero-order valence-electron chi connectivity index (χ0n) is 8.05. The summed E-state index contributed by atoms with van der Waals surface area (Å²) in [4.78, 5) is 2.69. The lowest BCUT2D eigenvalue weighted by molar-refractivity contribution is 0.0818. The van der Waals surface area contributed by atoms with E-state index in [2.05, 4.69) is 17.1 Å². The molecule has 0 amide bonds. The van der Waals surface area contributed by atoms with E-state index in [1.165, 1.54) is 45.3 Å². The third-order valence-corrected chi connectivity index (χ3v) is 3.37. The number of hydrogen-bond acceptors (Lipinski definition) is 2. The summed E-state index contributed by atoms with van der Waals surface area (Å²) >= 11 is 0. The van der Waals surface area contributed by atoms with Crippen LogP contribution in [0.25, 0.3) is 0 Å². The van der Waals surface area contributed by atoms with E-state index in [0.29, 0.717) is 0 Å². The molecule has 1 N–H and O–H groups in total. The molecule has 2 aliphatic rings. The minimum Gasteiger partial charge on any atom is -0.311 e. The van der Waals surface area contributed by atoms with Gasteiger partial charge in [0.1, 0.15) is 0 Å². The molecule has 2 rings (SSSR count). The highest BCUT2D eigenvalue weighted by atomic mass is 15.2. The predicted octanol–water partition coefficient (Wildman–Crippen LogP) is 1.22. The summed E-state index contributed by atoms with van der Waals surface area (Å²) in [6.45, 7) is 6.13. The van der Waals surface area contributed by atoms with Gasteiger partial charge in [-0.1, -0.05) is 13.3 Å². The summed E-state index contributed by atoms with van der Waals surface area (Å²) in [5.74, 6) is 0. The molecule has 0 radical (unpaired) electrons. The first-order valence-corrected chi connectivity index (χ1v) is 5.39. The van der Waals surface area contributed by atoms with E-state index in [1.54, 1.807) is 0 Å². The van der Waals surface area contributed by atoms with Crippen LogP contribution in [0.2, 0.25) is 0 Å². The van der Waals surface area contributed by atoms with Crippen molar-refractivity contribution in [3.8, 4) is 0 Å². The van der Waals surface area contributed by atoms with E-state index in [1.807, 2.05) is 0 Å². The third kappa shape index (κ3) is 1.50. The minimum absolute atomic E-state index is 0.777. The smallest absolute Gasteiger partial charge is 0.0249 e. The number of rotatable bonds is 1. The molecule has 2 heteroatoms. The molecule has 2 aliphatic heterocycles. The van der Waals surface area contributed by atoms with Crippen molar-refractivity contribution >= 4 is 0 Å². The standard InChI is InChI=1S/C10H20N2/c1-2-9-10-5-3-4-7-12(10)8-6-11-9/h9-11H,2-8H2,1H3. The molecule has 0 aromatic heterocycles. The molecule has 2 atom stereocenters. The molecule has 2 fully saturated rings. The minimum atomic E-state index is 0.777. The fourth-order valence-corrected chi connectivity index (χ4v) is 2.70.